The smallest absolute Gasteiger partial charge is 0.333 e. The second-order valence-corrected chi connectivity index (χ2v) is 14.6. The van der Waals surface area contributed by atoms with Crippen LogP contribution in [-0.2, 0) is 23.8 Å². The zero-order valence-electron chi connectivity index (χ0n) is 26.6. The van der Waals surface area contributed by atoms with Gasteiger partial charge in [-0.25, -0.2) is 4.79 Å². The number of ether oxygens (including phenoxy) is 3. The monoisotopic (exact) mass is 605 g/mol. The highest BCUT2D eigenvalue weighted by atomic mass is 16.6. The molecule has 2 aliphatic carbocycles. The van der Waals surface area contributed by atoms with Crippen molar-refractivity contribution in [3.05, 3.63) is 11.6 Å². The minimum atomic E-state index is -0.948. The molecule has 0 bridgehead atoms. The summed E-state index contributed by atoms with van der Waals surface area (Å²) in [7, 11) is 0. The summed E-state index contributed by atoms with van der Waals surface area (Å²) >= 11 is 0. The largest absolute Gasteiger partial charge is 0.456 e. The Kier molecular flexibility index (Phi) is 11.0. The summed E-state index contributed by atoms with van der Waals surface area (Å²) in [5.74, 6) is -0.295. The third-order valence-electron chi connectivity index (χ3n) is 11.7. The van der Waals surface area contributed by atoms with E-state index in [-0.39, 0.29) is 48.9 Å². The highest BCUT2D eigenvalue weighted by Gasteiger charge is 2.61. The minimum Gasteiger partial charge on any atom is -0.456 e. The van der Waals surface area contributed by atoms with Crippen LogP contribution < -0.4 is 11.1 Å². The van der Waals surface area contributed by atoms with E-state index in [4.69, 9.17) is 19.9 Å². The second kappa shape index (κ2) is 14.4. The highest BCUT2D eigenvalue weighted by molar-refractivity contribution is 5.87. The summed E-state index contributed by atoms with van der Waals surface area (Å²) in [6.07, 6.45) is 11.6. The van der Waals surface area contributed by atoms with Crippen molar-refractivity contribution in [2.75, 3.05) is 13.2 Å². The van der Waals surface area contributed by atoms with Crippen molar-refractivity contribution in [1.82, 2.24) is 0 Å². The fraction of sp³-hybridized carbons (Fsp3) is 0.882. The molecule has 0 aromatic heterocycles. The second-order valence-electron chi connectivity index (χ2n) is 14.6. The number of Topliss-reactive ketones (excluding diaryl/α,β-unsaturated/α-hetero) is 1. The molecule has 0 aromatic rings. The molecule has 11 atom stereocenters. The number of aliphatic hydroxyl groups is 2. The van der Waals surface area contributed by atoms with Gasteiger partial charge in [0.25, 0.3) is 0 Å². The molecule has 5 rings (SSSR count). The van der Waals surface area contributed by atoms with E-state index in [1.807, 2.05) is 6.92 Å². The number of nitrogens with two attached hydrogens (primary N) is 2. The van der Waals surface area contributed by atoms with E-state index in [0.717, 1.165) is 45.1 Å². The predicted molar refractivity (Wildman–Crippen MR) is 162 cm³/mol. The van der Waals surface area contributed by atoms with Crippen molar-refractivity contribution in [3.63, 3.8) is 0 Å². The van der Waals surface area contributed by atoms with Crippen LogP contribution in [0.3, 0.4) is 0 Å². The van der Waals surface area contributed by atoms with E-state index in [1.165, 1.54) is 32.1 Å². The number of rotatable bonds is 9. The van der Waals surface area contributed by atoms with Crippen molar-refractivity contribution in [1.29, 1.82) is 0 Å². The average molecular weight is 606 g/mol. The van der Waals surface area contributed by atoms with Crippen LogP contribution in [0.15, 0.2) is 11.6 Å². The van der Waals surface area contributed by atoms with Gasteiger partial charge >= 0.3 is 5.97 Å². The molecule has 0 radical (unpaired) electrons. The maximum atomic E-state index is 13.5. The van der Waals surface area contributed by atoms with E-state index in [1.54, 1.807) is 13.0 Å². The fourth-order valence-corrected chi connectivity index (χ4v) is 8.80. The molecule has 6 N–H and O–H groups in total. The molecule has 43 heavy (non-hydrogen) atoms. The molecule has 9 nitrogen and oxygen atoms in total. The maximum absolute atomic E-state index is 13.5. The Morgan fingerprint density at radius 3 is 2.56 bits per heavy atom. The molecular formula is C34H57N2O7+. The van der Waals surface area contributed by atoms with Gasteiger partial charge in [0.15, 0.2) is 0 Å². The Morgan fingerprint density at radius 1 is 1.12 bits per heavy atom. The first kappa shape index (κ1) is 33.0. The molecule has 3 aliphatic heterocycles. The first-order valence-corrected chi connectivity index (χ1v) is 17.2. The van der Waals surface area contributed by atoms with Crippen LogP contribution in [0, 0.1) is 29.6 Å². The third-order valence-corrected chi connectivity index (χ3v) is 11.7. The van der Waals surface area contributed by atoms with Gasteiger partial charge in [-0.15, -0.1) is 0 Å². The number of hydrogen-bond acceptors (Lipinski definition) is 8. The number of carbonyl (C=O) groups is 2. The summed E-state index contributed by atoms with van der Waals surface area (Å²) in [5.41, 5.74) is 5.93. The van der Waals surface area contributed by atoms with Gasteiger partial charge in [-0.3, -0.25) is 10.5 Å². The van der Waals surface area contributed by atoms with Crippen molar-refractivity contribution in [3.8, 4) is 0 Å². The summed E-state index contributed by atoms with van der Waals surface area (Å²) in [5, 5.41) is 24.0. The Hall–Kier alpha value is -1.36. The van der Waals surface area contributed by atoms with Crippen LogP contribution in [0.4, 0.5) is 0 Å². The molecule has 0 spiro atoms. The van der Waals surface area contributed by atoms with E-state index in [9.17, 15) is 19.8 Å². The molecule has 5 aliphatic rings. The predicted octanol–water partition coefficient (Wildman–Crippen LogP) is 2.75. The SMILES string of the molecule is CC=C(C)C(=O)O[C@H]1CC2C(O)C3C(=O)CC(CO)OC3C(CCC3CCCCC3)C2O[C@@]1(C)CCC1CCC(N)[NH2+]C1. The Morgan fingerprint density at radius 2 is 1.88 bits per heavy atom. The number of hydrogen-bond donors (Lipinski definition) is 4. The van der Waals surface area contributed by atoms with Crippen LogP contribution in [0.2, 0.25) is 0 Å². The number of aliphatic hydroxyl groups excluding tert-OH is 2. The Balaban J connectivity index is 1.42. The highest BCUT2D eigenvalue weighted by Crippen LogP contribution is 2.51. The van der Waals surface area contributed by atoms with Gasteiger partial charge in [0.05, 0.1) is 43.5 Å². The Labute approximate surface area is 257 Å². The molecule has 0 aromatic carbocycles. The van der Waals surface area contributed by atoms with Gasteiger partial charge in [-0.1, -0.05) is 38.2 Å². The number of ketones is 1. The van der Waals surface area contributed by atoms with Gasteiger partial charge < -0.3 is 29.7 Å². The summed E-state index contributed by atoms with van der Waals surface area (Å²) < 4.78 is 19.8. The standard InChI is InChI=1S/C34H56N2O7/c1-4-20(2)33(40)42-27-17-25-30(39)29-26(38)16-23(19-37)41-32(29)24(12-10-21-8-6-5-7-9-21)31(25)43-34(27,3)15-14-22-11-13-28(35)36-18-22/h4,21-25,27-32,36-37,39H,5-19,35H2,1-3H3/p+1/t22?,23?,24?,25?,27-,28?,29?,30?,31?,32?,34-/m0/s1. The average Bonchev–Trinajstić information content (AvgIpc) is 3.01. The number of quaternary nitrogens is 1. The first-order chi connectivity index (χ1) is 20.6. The summed E-state index contributed by atoms with van der Waals surface area (Å²) in [4.78, 5) is 26.5. The van der Waals surface area contributed by atoms with Crippen molar-refractivity contribution in [2.24, 2.45) is 35.3 Å². The Bertz CT molecular complexity index is 991. The minimum absolute atomic E-state index is 0.0395. The van der Waals surface area contributed by atoms with E-state index in [0.29, 0.717) is 23.8 Å². The summed E-state index contributed by atoms with van der Waals surface area (Å²) in [6, 6.07) is 0. The van der Waals surface area contributed by atoms with E-state index < -0.39 is 35.9 Å². The van der Waals surface area contributed by atoms with Crippen LogP contribution in [0.1, 0.15) is 104 Å². The van der Waals surface area contributed by atoms with Crippen molar-refractivity contribution >= 4 is 11.8 Å². The number of piperidine rings is 1. The fourth-order valence-electron chi connectivity index (χ4n) is 8.80. The number of allylic oxidation sites excluding steroid dienone is 1. The van der Waals surface area contributed by atoms with Crippen molar-refractivity contribution < 1.29 is 39.3 Å². The van der Waals surface area contributed by atoms with Crippen LogP contribution in [-0.4, -0.2) is 77.4 Å². The van der Waals surface area contributed by atoms with E-state index in [2.05, 4.69) is 12.2 Å². The molecule has 3 saturated heterocycles. The molecule has 244 valence electrons. The molecule has 5 fully saturated rings. The van der Waals surface area contributed by atoms with Crippen LogP contribution in [0.25, 0.3) is 0 Å². The topological polar surface area (TPSA) is 145 Å². The lowest BCUT2D eigenvalue weighted by Crippen LogP contribution is -2.95. The summed E-state index contributed by atoms with van der Waals surface area (Å²) in [6.45, 7) is 6.42. The maximum Gasteiger partial charge on any atom is 0.333 e. The molecule has 2 saturated carbocycles. The zero-order chi connectivity index (χ0) is 30.7. The molecule has 0 amide bonds. The number of esters is 1. The van der Waals surface area contributed by atoms with Crippen molar-refractivity contribution in [2.45, 2.75) is 147 Å². The first-order valence-electron chi connectivity index (χ1n) is 17.2. The lowest BCUT2D eigenvalue weighted by Gasteiger charge is -2.58. The molecule has 9 unspecified atom stereocenters. The molecule has 9 heteroatoms. The van der Waals surface area contributed by atoms with Crippen LogP contribution in [0.5, 0.6) is 0 Å². The van der Waals surface area contributed by atoms with Gasteiger partial charge in [0, 0.05) is 36.2 Å². The lowest BCUT2D eigenvalue weighted by molar-refractivity contribution is -0.703. The van der Waals surface area contributed by atoms with Gasteiger partial charge in [-0.2, -0.15) is 0 Å². The quantitative estimate of drug-likeness (QED) is 0.232. The molecule has 3 heterocycles. The number of fused-ring (bicyclic) bond motifs is 2. The van der Waals surface area contributed by atoms with Gasteiger partial charge in [-0.05, 0) is 65.2 Å². The number of carbonyl (C=O) groups excluding carboxylic acids is 2. The van der Waals surface area contributed by atoms with Gasteiger partial charge in [0.1, 0.15) is 23.7 Å². The molecular weight excluding hydrogens is 548 g/mol. The normalized spacial score (nSPS) is 42.7. The van der Waals surface area contributed by atoms with Crippen LogP contribution >= 0.6 is 0 Å². The lowest BCUT2D eigenvalue weighted by atomic mass is 9.61. The van der Waals surface area contributed by atoms with Gasteiger partial charge in [0.2, 0.25) is 0 Å². The zero-order valence-corrected chi connectivity index (χ0v) is 26.6. The third kappa shape index (κ3) is 7.39. The van der Waals surface area contributed by atoms with E-state index >= 15 is 0 Å².